The van der Waals surface area contributed by atoms with Gasteiger partial charge in [-0.2, -0.15) is 0 Å². The van der Waals surface area contributed by atoms with E-state index in [0.717, 1.165) is 45.1 Å². The molecule has 29 heavy (non-hydrogen) atoms. The van der Waals surface area contributed by atoms with Crippen molar-refractivity contribution >= 4 is 11.9 Å². The standard InChI is InChI=1S/C25H47NO3/c1-2-3-4-5-6-7-8-9-10-11-12-13-14-15-16-24(27)26-21-22-17-19-23(20-18-22)25(28)29/h22-23H,2-21H2,1H3,(H,26,27)(H,28,29). The molecule has 0 spiro atoms. The third-order valence-electron chi connectivity index (χ3n) is 6.54. The predicted molar refractivity (Wildman–Crippen MR) is 121 cm³/mol. The number of hydrogen-bond acceptors (Lipinski definition) is 2. The highest BCUT2D eigenvalue weighted by atomic mass is 16.4. The molecule has 0 aromatic heterocycles. The molecule has 4 nitrogen and oxygen atoms in total. The van der Waals surface area contributed by atoms with Gasteiger partial charge in [0.25, 0.3) is 0 Å². The van der Waals surface area contributed by atoms with Gasteiger partial charge in [0.1, 0.15) is 0 Å². The first-order valence-electron chi connectivity index (χ1n) is 12.6. The van der Waals surface area contributed by atoms with Gasteiger partial charge in [0.2, 0.25) is 5.91 Å². The smallest absolute Gasteiger partial charge is 0.306 e. The number of carboxylic acids is 1. The number of nitrogens with one attached hydrogen (secondary N) is 1. The lowest BCUT2D eigenvalue weighted by Gasteiger charge is -2.26. The third kappa shape index (κ3) is 14.5. The van der Waals surface area contributed by atoms with Crippen molar-refractivity contribution in [2.75, 3.05) is 6.54 Å². The summed E-state index contributed by atoms with van der Waals surface area (Å²) in [6, 6.07) is 0. The summed E-state index contributed by atoms with van der Waals surface area (Å²) in [4.78, 5) is 22.9. The Kier molecular flexibility index (Phi) is 15.9. The van der Waals surface area contributed by atoms with Crippen LogP contribution < -0.4 is 5.32 Å². The molecule has 1 amide bonds. The first kappa shape index (κ1) is 26.0. The first-order chi connectivity index (χ1) is 14.1. The van der Waals surface area contributed by atoms with Gasteiger partial charge in [0, 0.05) is 13.0 Å². The highest BCUT2D eigenvalue weighted by Gasteiger charge is 2.25. The summed E-state index contributed by atoms with van der Waals surface area (Å²) in [6.07, 6.45) is 22.7. The lowest BCUT2D eigenvalue weighted by Crippen LogP contribution is -2.32. The van der Waals surface area contributed by atoms with Crippen LogP contribution in [0.5, 0.6) is 0 Å². The lowest BCUT2D eigenvalue weighted by atomic mass is 9.82. The van der Waals surface area contributed by atoms with Crippen molar-refractivity contribution in [2.24, 2.45) is 11.8 Å². The summed E-state index contributed by atoms with van der Waals surface area (Å²) < 4.78 is 0. The van der Waals surface area contributed by atoms with Gasteiger partial charge in [-0.25, -0.2) is 0 Å². The molecule has 170 valence electrons. The Hall–Kier alpha value is -1.06. The maximum absolute atomic E-state index is 12.0. The molecule has 0 atom stereocenters. The average molecular weight is 410 g/mol. The Balaban J connectivity index is 1.81. The maximum Gasteiger partial charge on any atom is 0.306 e. The Labute approximate surface area is 179 Å². The summed E-state index contributed by atoms with van der Waals surface area (Å²) >= 11 is 0. The van der Waals surface area contributed by atoms with Gasteiger partial charge in [-0.05, 0) is 38.0 Å². The van der Waals surface area contributed by atoms with E-state index < -0.39 is 5.97 Å². The molecular formula is C25H47NO3. The summed E-state index contributed by atoms with van der Waals surface area (Å²) in [7, 11) is 0. The summed E-state index contributed by atoms with van der Waals surface area (Å²) in [5.74, 6) is -0.196. The largest absolute Gasteiger partial charge is 0.481 e. The second-order valence-electron chi connectivity index (χ2n) is 9.21. The Morgan fingerprint density at radius 2 is 1.17 bits per heavy atom. The average Bonchev–Trinajstić information content (AvgIpc) is 2.72. The number of unbranched alkanes of at least 4 members (excludes halogenated alkanes) is 13. The maximum atomic E-state index is 12.0. The van der Waals surface area contributed by atoms with Crippen LogP contribution in [0.3, 0.4) is 0 Å². The van der Waals surface area contributed by atoms with Gasteiger partial charge >= 0.3 is 5.97 Å². The van der Waals surface area contributed by atoms with E-state index in [2.05, 4.69) is 12.2 Å². The van der Waals surface area contributed by atoms with Crippen molar-refractivity contribution in [1.82, 2.24) is 5.32 Å². The monoisotopic (exact) mass is 409 g/mol. The molecular weight excluding hydrogens is 362 g/mol. The van der Waals surface area contributed by atoms with Crippen LogP contribution in [0.4, 0.5) is 0 Å². The molecule has 1 saturated carbocycles. The van der Waals surface area contributed by atoms with Crippen molar-refractivity contribution in [3.05, 3.63) is 0 Å². The summed E-state index contributed by atoms with van der Waals surface area (Å²) in [6.45, 7) is 3.00. The van der Waals surface area contributed by atoms with Crippen LogP contribution in [0, 0.1) is 11.8 Å². The molecule has 1 aliphatic rings. The van der Waals surface area contributed by atoms with Gasteiger partial charge in [-0.15, -0.1) is 0 Å². The fourth-order valence-electron chi connectivity index (χ4n) is 4.44. The van der Waals surface area contributed by atoms with E-state index in [1.54, 1.807) is 0 Å². The fraction of sp³-hybridized carbons (Fsp3) is 0.920. The van der Waals surface area contributed by atoms with Crippen LogP contribution in [0.15, 0.2) is 0 Å². The van der Waals surface area contributed by atoms with Gasteiger partial charge in [-0.3, -0.25) is 9.59 Å². The van der Waals surface area contributed by atoms with E-state index in [1.807, 2.05) is 0 Å². The minimum Gasteiger partial charge on any atom is -0.481 e. The van der Waals surface area contributed by atoms with Gasteiger partial charge < -0.3 is 10.4 Å². The minimum absolute atomic E-state index is 0.169. The molecule has 4 heteroatoms. The Bertz CT molecular complexity index is 416. The molecule has 0 saturated heterocycles. The highest BCUT2D eigenvalue weighted by Crippen LogP contribution is 2.28. The molecule has 0 aliphatic heterocycles. The van der Waals surface area contributed by atoms with Gasteiger partial charge in [0.15, 0.2) is 0 Å². The zero-order valence-corrected chi connectivity index (χ0v) is 19.1. The topological polar surface area (TPSA) is 66.4 Å². The van der Waals surface area contributed by atoms with Crippen LogP contribution in [0.1, 0.15) is 129 Å². The van der Waals surface area contributed by atoms with Gasteiger partial charge in [0.05, 0.1) is 5.92 Å². The molecule has 0 bridgehead atoms. The molecule has 0 heterocycles. The van der Waals surface area contributed by atoms with Crippen LogP contribution >= 0.6 is 0 Å². The fourth-order valence-corrected chi connectivity index (χ4v) is 4.44. The molecule has 0 radical (unpaired) electrons. The number of carbonyl (C=O) groups is 2. The number of amides is 1. The predicted octanol–water partition coefficient (Wildman–Crippen LogP) is 6.87. The second-order valence-corrected chi connectivity index (χ2v) is 9.21. The van der Waals surface area contributed by atoms with Crippen LogP contribution in [0.2, 0.25) is 0 Å². The minimum atomic E-state index is -0.662. The van der Waals surface area contributed by atoms with Crippen molar-refractivity contribution < 1.29 is 14.7 Å². The molecule has 1 aliphatic carbocycles. The summed E-state index contributed by atoms with van der Waals surface area (Å²) in [5.41, 5.74) is 0. The van der Waals surface area contributed by atoms with E-state index in [4.69, 9.17) is 5.11 Å². The van der Waals surface area contributed by atoms with Crippen molar-refractivity contribution in [3.8, 4) is 0 Å². The van der Waals surface area contributed by atoms with Crippen LogP contribution in [-0.2, 0) is 9.59 Å². The molecule has 1 rings (SSSR count). The number of carbonyl (C=O) groups excluding carboxylic acids is 1. The van der Waals surface area contributed by atoms with E-state index in [-0.39, 0.29) is 11.8 Å². The van der Waals surface area contributed by atoms with Crippen LogP contribution in [0.25, 0.3) is 0 Å². The van der Waals surface area contributed by atoms with E-state index in [0.29, 0.717) is 12.3 Å². The second kappa shape index (κ2) is 17.8. The molecule has 0 aromatic rings. The van der Waals surface area contributed by atoms with E-state index >= 15 is 0 Å². The normalized spacial score (nSPS) is 19.2. The Morgan fingerprint density at radius 3 is 1.62 bits per heavy atom. The molecule has 2 N–H and O–H groups in total. The van der Waals surface area contributed by atoms with E-state index in [9.17, 15) is 9.59 Å². The van der Waals surface area contributed by atoms with E-state index in [1.165, 1.54) is 77.0 Å². The quantitative estimate of drug-likeness (QED) is 0.243. The SMILES string of the molecule is CCCCCCCCCCCCCCCCC(=O)NCC1CCC(C(=O)O)CC1. The third-order valence-corrected chi connectivity index (χ3v) is 6.54. The zero-order valence-electron chi connectivity index (χ0n) is 19.1. The summed E-state index contributed by atoms with van der Waals surface area (Å²) in [5, 5.41) is 12.1. The lowest BCUT2D eigenvalue weighted by molar-refractivity contribution is -0.143. The number of aliphatic carboxylic acids is 1. The highest BCUT2D eigenvalue weighted by molar-refractivity contribution is 5.75. The molecule has 0 aromatic carbocycles. The molecule has 0 unspecified atom stereocenters. The number of hydrogen-bond donors (Lipinski definition) is 2. The van der Waals surface area contributed by atoms with Crippen molar-refractivity contribution in [3.63, 3.8) is 0 Å². The van der Waals surface area contributed by atoms with Gasteiger partial charge in [-0.1, -0.05) is 90.4 Å². The molecule has 1 fully saturated rings. The Morgan fingerprint density at radius 1 is 0.724 bits per heavy atom. The zero-order chi connectivity index (χ0) is 21.2. The first-order valence-corrected chi connectivity index (χ1v) is 12.6. The van der Waals surface area contributed by atoms with Crippen molar-refractivity contribution in [1.29, 1.82) is 0 Å². The number of rotatable bonds is 18. The van der Waals surface area contributed by atoms with Crippen LogP contribution in [-0.4, -0.2) is 23.5 Å². The number of carboxylic acid groups (broad SMARTS) is 1. The van der Waals surface area contributed by atoms with Crippen molar-refractivity contribution in [2.45, 2.75) is 129 Å².